The summed E-state index contributed by atoms with van der Waals surface area (Å²) in [5.74, 6) is 0.316. The Morgan fingerprint density at radius 1 is 1.22 bits per heavy atom. The lowest BCUT2D eigenvalue weighted by Crippen LogP contribution is -2.40. The van der Waals surface area contributed by atoms with Crippen LogP contribution in [0.4, 0.5) is 5.95 Å². The lowest BCUT2D eigenvalue weighted by atomic mass is 10.1. The zero-order valence-electron chi connectivity index (χ0n) is 15.8. The lowest BCUT2D eigenvalue weighted by molar-refractivity contribution is 0.0725. The van der Waals surface area contributed by atoms with Gasteiger partial charge in [-0.05, 0) is 26.3 Å². The van der Waals surface area contributed by atoms with Crippen molar-refractivity contribution in [3.05, 3.63) is 50.8 Å². The quantitative estimate of drug-likeness (QED) is 0.716. The second-order valence-electron chi connectivity index (χ2n) is 7.02. The molecule has 0 aromatic carbocycles. The molecule has 9 heteroatoms. The summed E-state index contributed by atoms with van der Waals surface area (Å²) in [6, 6.07) is 3.59. The number of carbonyl (C=O) groups excluding carboxylic acids is 1. The minimum atomic E-state index is -0.168. The molecular weight excluding hydrogens is 346 g/mol. The number of nitrogens with one attached hydrogen (secondary N) is 1. The number of anilines is 1. The number of hydrogen-bond acceptors (Lipinski definition) is 6. The van der Waals surface area contributed by atoms with Crippen LogP contribution >= 0.6 is 0 Å². The van der Waals surface area contributed by atoms with Gasteiger partial charge in [0.1, 0.15) is 5.69 Å². The average molecular weight is 367 g/mol. The van der Waals surface area contributed by atoms with Crippen molar-refractivity contribution in [2.24, 2.45) is 0 Å². The Kier molecular flexibility index (Phi) is 3.94. The van der Waals surface area contributed by atoms with Gasteiger partial charge in [0.25, 0.3) is 11.5 Å². The molecular formula is C18H21N7O2. The average Bonchev–Trinajstić information content (AvgIpc) is 3.01. The van der Waals surface area contributed by atoms with Crippen LogP contribution in [0.1, 0.15) is 33.1 Å². The van der Waals surface area contributed by atoms with E-state index in [2.05, 4.69) is 20.1 Å². The molecule has 0 aliphatic carbocycles. The van der Waals surface area contributed by atoms with E-state index in [9.17, 15) is 9.59 Å². The Morgan fingerprint density at radius 3 is 2.74 bits per heavy atom. The Labute approximate surface area is 155 Å². The molecule has 3 aromatic heterocycles. The highest BCUT2D eigenvalue weighted by Gasteiger charge is 2.26. The normalized spacial score (nSPS) is 13.7. The molecule has 140 valence electrons. The first-order valence-corrected chi connectivity index (χ1v) is 8.76. The standard InChI is InChI=1S/C18H21N7O2/c1-10-7-15-19-13(8-11(2)25(15)22-10)17(27)24-6-5-12-14(9-24)20-18(23(3)4)21-16(12)26/h7-8H,5-6,9H2,1-4H3,(H,20,21,26). The largest absolute Gasteiger partial charge is 0.348 e. The molecule has 0 radical (unpaired) electrons. The maximum Gasteiger partial charge on any atom is 0.272 e. The van der Waals surface area contributed by atoms with E-state index in [1.165, 1.54) is 0 Å². The molecule has 27 heavy (non-hydrogen) atoms. The number of rotatable bonds is 2. The van der Waals surface area contributed by atoms with Gasteiger partial charge in [-0.3, -0.25) is 14.6 Å². The third kappa shape index (κ3) is 2.94. The predicted octanol–water partition coefficient (Wildman–Crippen LogP) is 0.694. The molecule has 0 unspecified atom stereocenters. The van der Waals surface area contributed by atoms with Crippen LogP contribution < -0.4 is 10.5 Å². The van der Waals surface area contributed by atoms with Gasteiger partial charge in [0.2, 0.25) is 5.95 Å². The summed E-state index contributed by atoms with van der Waals surface area (Å²) in [5, 5.41) is 4.37. The number of aryl methyl sites for hydroxylation is 2. The van der Waals surface area contributed by atoms with Gasteiger partial charge in [0, 0.05) is 38.0 Å². The summed E-state index contributed by atoms with van der Waals surface area (Å²) in [5.41, 5.74) is 3.87. The van der Waals surface area contributed by atoms with E-state index < -0.39 is 0 Å². The minimum Gasteiger partial charge on any atom is -0.348 e. The molecule has 1 aliphatic rings. The van der Waals surface area contributed by atoms with E-state index in [1.807, 2.05) is 34.0 Å². The number of nitrogens with zero attached hydrogens (tertiary/aromatic N) is 6. The fourth-order valence-electron chi connectivity index (χ4n) is 3.32. The molecule has 0 bridgehead atoms. The van der Waals surface area contributed by atoms with Crippen molar-refractivity contribution in [3.8, 4) is 0 Å². The van der Waals surface area contributed by atoms with Gasteiger partial charge in [-0.15, -0.1) is 0 Å². The van der Waals surface area contributed by atoms with Crippen LogP contribution in [0.15, 0.2) is 16.9 Å². The fraction of sp³-hybridized carbons (Fsp3) is 0.389. The maximum atomic E-state index is 13.0. The van der Waals surface area contributed by atoms with Crippen LogP contribution in [0, 0.1) is 13.8 Å². The van der Waals surface area contributed by atoms with Crippen LogP contribution in [-0.2, 0) is 13.0 Å². The first-order valence-electron chi connectivity index (χ1n) is 8.76. The highest BCUT2D eigenvalue weighted by Crippen LogP contribution is 2.18. The number of aromatic amines is 1. The Hall–Kier alpha value is -3.23. The molecule has 1 N–H and O–H groups in total. The fourth-order valence-corrected chi connectivity index (χ4v) is 3.32. The van der Waals surface area contributed by atoms with E-state index in [4.69, 9.17) is 0 Å². The highest BCUT2D eigenvalue weighted by atomic mass is 16.2. The molecule has 0 fully saturated rings. The van der Waals surface area contributed by atoms with Crippen molar-refractivity contribution in [1.29, 1.82) is 0 Å². The molecule has 0 saturated heterocycles. The van der Waals surface area contributed by atoms with E-state index in [-0.39, 0.29) is 11.5 Å². The molecule has 9 nitrogen and oxygen atoms in total. The number of aromatic nitrogens is 5. The smallest absolute Gasteiger partial charge is 0.272 e. The number of amides is 1. The second-order valence-corrected chi connectivity index (χ2v) is 7.02. The number of fused-ring (bicyclic) bond motifs is 2. The number of H-pyrrole nitrogens is 1. The van der Waals surface area contributed by atoms with Crippen molar-refractivity contribution in [3.63, 3.8) is 0 Å². The van der Waals surface area contributed by atoms with Crippen LogP contribution in [0.25, 0.3) is 5.65 Å². The zero-order chi connectivity index (χ0) is 19.3. The van der Waals surface area contributed by atoms with Gasteiger partial charge in [-0.25, -0.2) is 14.5 Å². The highest BCUT2D eigenvalue weighted by molar-refractivity contribution is 5.93. The number of carbonyl (C=O) groups is 1. The topological polar surface area (TPSA) is 99.5 Å². The molecule has 4 rings (SSSR count). The number of hydrogen-bond donors (Lipinski definition) is 1. The summed E-state index contributed by atoms with van der Waals surface area (Å²) in [4.78, 5) is 40.5. The molecule has 3 aromatic rings. The van der Waals surface area contributed by atoms with Crippen molar-refractivity contribution < 1.29 is 4.79 Å². The SMILES string of the molecule is Cc1cc2nc(C(=O)N3CCc4c(nc(N(C)C)[nH]c4=O)C3)cc(C)n2n1. The second kappa shape index (κ2) is 6.19. The monoisotopic (exact) mass is 367 g/mol. The molecule has 4 heterocycles. The first kappa shape index (κ1) is 17.2. The molecule has 0 atom stereocenters. The summed E-state index contributed by atoms with van der Waals surface area (Å²) in [6.07, 6.45) is 0.476. The van der Waals surface area contributed by atoms with Crippen molar-refractivity contribution >= 4 is 17.5 Å². The van der Waals surface area contributed by atoms with E-state index in [1.54, 1.807) is 20.4 Å². The summed E-state index contributed by atoms with van der Waals surface area (Å²) in [6.45, 7) is 4.54. The predicted molar refractivity (Wildman–Crippen MR) is 100 cm³/mol. The third-order valence-corrected chi connectivity index (χ3v) is 4.72. The Bertz CT molecular complexity index is 1110. The van der Waals surface area contributed by atoms with E-state index >= 15 is 0 Å². The van der Waals surface area contributed by atoms with Gasteiger partial charge in [0.15, 0.2) is 5.65 Å². The van der Waals surface area contributed by atoms with Gasteiger partial charge in [-0.1, -0.05) is 0 Å². The molecule has 0 spiro atoms. The van der Waals surface area contributed by atoms with Crippen LogP contribution in [0.2, 0.25) is 0 Å². The minimum absolute atomic E-state index is 0.138. The lowest BCUT2D eigenvalue weighted by Gasteiger charge is -2.28. The van der Waals surface area contributed by atoms with E-state index in [0.717, 1.165) is 11.4 Å². The van der Waals surface area contributed by atoms with Crippen molar-refractivity contribution in [1.82, 2.24) is 29.5 Å². The van der Waals surface area contributed by atoms with Gasteiger partial charge >= 0.3 is 0 Å². The first-order chi connectivity index (χ1) is 12.8. The molecule has 1 amide bonds. The van der Waals surface area contributed by atoms with Crippen LogP contribution in [0.3, 0.4) is 0 Å². The van der Waals surface area contributed by atoms with E-state index in [0.29, 0.717) is 48.1 Å². The van der Waals surface area contributed by atoms with Crippen molar-refractivity contribution in [2.45, 2.75) is 26.8 Å². The Morgan fingerprint density at radius 2 is 2.00 bits per heavy atom. The van der Waals surface area contributed by atoms with Gasteiger partial charge in [0.05, 0.1) is 17.9 Å². The summed E-state index contributed by atoms with van der Waals surface area (Å²) >= 11 is 0. The van der Waals surface area contributed by atoms with Gasteiger partial charge in [-0.2, -0.15) is 5.10 Å². The van der Waals surface area contributed by atoms with Crippen LogP contribution in [0.5, 0.6) is 0 Å². The summed E-state index contributed by atoms with van der Waals surface area (Å²) in [7, 11) is 3.62. The van der Waals surface area contributed by atoms with Gasteiger partial charge < -0.3 is 9.80 Å². The third-order valence-electron chi connectivity index (χ3n) is 4.72. The van der Waals surface area contributed by atoms with Crippen molar-refractivity contribution in [2.75, 3.05) is 25.5 Å². The molecule has 0 saturated carbocycles. The Balaban J connectivity index is 1.67. The maximum absolute atomic E-state index is 13.0. The molecule has 1 aliphatic heterocycles. The van der Waals surface area contributed by atoms with Crippen LogP contribution in [-0.4, -0.2) is 56.0 Å². The zero-order valence-corrected chi connectivity index (χ0v) is 15.8. The summed E-state index contributed by atoms with van der Waals surface area (Å²) < 4.78 is 1.72.